The van der Waals surface area contributed by atoms with Crippen molar-refractivity contribution < 1.29 is 30.0 Å². The number of hydrogen-bond acceptors (Lipinski definition) is 6. The van der Waals surface area contributed by atoms with Crippen LogP contribution in [0.4, 0.5) is 0 Å². The number of carbonyl (C=O) groups is 1. The number of aliphatic hydroxyl groups excluding tert-OH is 1. The second-order valence-corrected chi connectivity index (χ2v) is 16.9. The van der Waals surface area contributed by atoms with Crippen molar-refractivity contribution in [1.29, 1.82) is 0 Å². The Morgan fingerprint density at radius 1 is 1.00 bits per heavy atom. The van der Waals surface area contributed by atoms with E-state index in [0.717, 1.165) is 50.5 Å². The average molecular weight is 623 g/mol. The van der Waals surface area contributed by atoms with Gasteiger partial charge in [0.2, 0.25) is 0 Å². The quantitative estimate of drug-likeness (QED) is 0.101. The molecule has 0 aliphatic heterocycles. The van der Waals surface area contributed by atoms with Crippen LogP contribution in [0.25, 0.3) is 6.08 Å². The number of esters is 1. The number of aliphatic hydroxyl groups is 2. The van der Waals surface area contributed by atoms with Gasteiger partial charge < -0.3 is 25.2 Å². The molecule has 4 aliphatic carbocycles. The van der Waals surface area contributed by atoms with Gasteiger partial charge >= 0.3 is 5.97 Å². The summed E-state index contributed by atoms with van der Waals surface area (Å²) in [5, 5.41) is 41.5. The van der Waals surface area contributed by atoms with Crippen LogP contribution in [0.2, 0.25) is 0 Å². The minimum Gasteiger partial charge on any atom is -0.504 e. The third kappa shape index (κ3) is 5.66. The van der Waals surface area contributed by atoms with Gasteiger partial charge in [-0.3, -0.25) is 0 Å². The van der Waals surface area contributed by atoms with Crippen LogP contribution < -0.4 is 0 Å². The molecule has 0 amide bonds. The van der Waals surface area contributed by atoms with Crippen LogP contribution in [0.15, 0.2) is 36.4 Å². The summed E-state index contributed by atoms with van der Waals surface area (Å²) in [4.78, 5) is 13.0. The number of ether oxygens (including phenoxy) is 1. The van der Waals surface area contributed by atoms with Crippen molar-refractivity contribution in [2.24, 2.45) is 45.3 Å². The maximum Gasteiger partial charge on any atom is 0.331 e. The molecule has 0 heterocycles. The van der Waals surface area contributed by atoms with Gasteiger partial charge in [0, 0.05) is 11.5 Å². The number of hydrogen-bond donors (Lipinski definition) is 4. The first-order valence-electron chi connectivity index (χ1n) is 17.3. The smallest absolute Gasteiger partial charge is 0.331 e. The third-order valence-corrected chi connectivity index (χ3v) is 14.3. The standard InChI is InChI=1S/C39H58O6/c1-24(2)28(40)16-22-39(8,44)27-15-20-37(6)26(27)11-13-32-36(5)19-18-33(35(3,4)31(36)17-21-38(32,37)7)45-34(43)14-10-25-9-12-29(41)30(42)23-25/h9-10,12,14,23,26-28,31-33,40-42,44H,1,11,13,15-22H2,2-8H3/b14-10+/t26-,27+,28-,31+,32-,33+,36+,37-,38-,39+/m1/s1. The zero-order valence-corrected chi connectivity index (χ0v) is 28.7. The first-order chi connectivity index (χ1) is 20.9. The number of phenols is 2. The van der Waals surface area contributed by atoms with Gasteiger partial charge in [-0.1, -0.05) is 52.8 Å². The Morgan fingerprint density at radius 2 is 1.69 bits per heavy atom. The molecule has 5 rings (SSSR count). The molecule has 1 aromatic rings. The van der Waals surface area contributed by atoms with E-state index >= 15 is 0 Å². The van der Waals surface area contributed by atoms with Gasteiger partial charge in [-0.05, 0) is 142 Å². The lowest BCUT2D eigenvalue weighted by Gasteiger charge is -2.70. The Kier molecular flexibility index (Phi) is 8.88. The minimum atomic E-state index is -0.801. The summed E-state index contributed by atoms with van der Waals surface area (Å²) in [6.45, 7) is 20.0. The van der Waals surface area contributed by atoms with Gasteiger partial charge in [-0.2, -0.15) is 0 Å². The molecule has 0 spiro atoms. The molecule has 0 unspecified atom stereocenters. The van der Waals surface area contributed by atoms with Gasteiger partial charge in [0.05, 0.1) is 11.7 Å². The number of benzene rings is 1. The van der Waals surface area contributed by atoms with Crippen LogP contribution in [-0.2, 0) is 9.53 Å². The molecule has 6 heteroatoms. The van der Waals surface area contributed by atoms with Gasteiger partial charge in [-0.15, -0.1) is 0 Å². The summed E-state index contributed by atoms with van der Waals surface area (Å²) in [5.41, 5.74) is 0.905. The molecular weight excluding hydrogens is 564 g/mol. The summed E-state index contributed by atoms with van der Waals surface area (Å²) >= 11 is 0. The van der Waals surface area contributed by atoms with Crippen LogP contribution in [0, 0.1) is 45.3 Å². The highest BCUT2D eigenvalue weighted by atomic mass is 16.5. The van der Waals surface area contributed by atoms with Crippen LogP contribution in [0.3, 0.4) is 0 Å². The Balaban J connectivity index is 1.30. The Morgan fingerprint density at radius 3 is 2.36 bits per heavy atom. The van der Waals surface area contributed by atoms with E-state index in [1.807, 2.05) is 13.8 Å². The molecule has 10 atom stereocenters. The first-order valence-corrected chi connectivity index (χ1v) is 17.3. The van der Waals surface area contributed by atoms with E-state index in [4.69, 9.17) is 4.74 Å². The summed E-state index contributed by atoms with van der Waals surface area (Å²) < 4.78 is 6.14. The lowest BCUT2D eigenvalue weighted by molar-refractivity contribution is -0.229. The van der Waals surface area contributed by atoms with E-state index in [2.05, 4.69) is 41.2 Å². The van der Waals surface area contributed by atoms with E-state index in [9.17, 15) is 25.2 Å². The van der Waals surface area contributed by atoms with E-state index in [0.29, 0.717) is 36.2 Å². The van der Waals surface area contributed by atoms with Crippen LogP contribution in [0.1, 0.15) is 118 Å². The topological polar surface area (TPSA) is 107 Å². The fourth-order valence-corrected chi connectivity index (χ4v) is 11.5. The lowest BCUT2D eigenvalue weighted by Crippen LogP contribution is -2.64. The lowest BCUT2D eigenvalue weighted by atomic mass is 9.35. The van der Waals surface area contributed by atoms with Crippen molar-refractivity contribution in [3.63, 3.8) is 0 Å². The van der Waals surface area contributed by atoms with Crippen molar-refractivity contribution in [3.8, 4) is 11.5 Å². The molecule has 0 aromatic heterocycles. The van der Waals surface area contributed by atoms with Crippen LogP contribution in [-0.4, -0.2) is 44.2 Å². The first kappa shape index (κ1) is 34.0. The van der Waals surface area contributed by atoms with E-state index < -0.39 is 11.7 Å². The Labute approximate surface area is 271 Å². The van der Waals surface area contributed by atoms with Gasteiger partial charge in [0.25, 0.3) is 0 Å². The summed E-state index contributed by atoms with van der Waals surface area (Å²) in [7, 11) is 0. The van der Waals surface area contributed by atoms with Crippen molar-refractivity contribution >= 4 is 12.0 Å². The van der Waals surface area contributed by atoms with E-state index in [1.165, 1.54) is 24.6 Å². The van der Waals surface area contributed by atoms with Crippen molar-refractivity contribution in [2.75, 3.05) is 0 Å². The molecule has 4 saturated carbocycles. The molecule has 0 bridgehead atoms. The second kappa shape index (κ2) is 11.7. The molecule has 0 radical (unpaired) electrons. The monoisotopic (exact) mass is 622 g/mol. The fourth-order valence-electron chi connectivity index (χ4n) is 11.5. The highest BCUT2D eigenvalue weighted by molar-refractivity contribution is 5.87. The minimum absolute atomic E-state index is 0.152. The maximum atomic E-state index is 13.0. The van der Waals surface area contributed by atoms with Crippen LogP contribution >= 0.6 is 0 Å². The molecule has 4 aliphatic rings. The molecule has 4 fully saturated rings. The molecule has 4 N–H and O–H groups in total. The average Bonchev–Trinajstić information content (AvgIpc) is 3.33. The molecule has 250 valence electrons. The Hall–Kier alpha value is -2.31. The van der Waals surface area contributed by atoms with Gasteiger partial charge in [0.1, 0.15) is 6.10 Å². The number of rotatable bonds is 8. The third-order valence-electron chi connectivity index (χ3n) is 14.3. The second-order valence-electron chi connectivity index (χ2n) is 16.9. The summed E-state index contributed by atoms with van der Waals surface area (Å²) in [5.74, 6) is 0.952. The maximum absolute atomic E-state index is 13.0. The number of aromatic hydroxyl groups is 2. The normalized spacial score (nSPS) is 39.3. The zero-order chi connectivity index (χ0) is 33.2. The number of carbonyl (C=O) groups excluding carboxylic acids is 1. The van der Waals surface area contributed by atoms with Crippen molar-refractivity contribution in [1.82, 2.24) is 0 Å². The summed E-state index contributed by atoms with van der Waals surface area (Å²) in [6.07, 6.45) is 12.1. The molecule has 1 aromatic carbocycles. The van der Waals surface area contributed by atoms with E-state index in [1.54, 1.807) is 12.1 Å². The fraction of sp³-hybridized carbons (Fsp3) is 0.718. The van der Waals surface area contributed by atoms with E-state index in [-0.39, 0.29) is 51.2 Å². The Bertz CT molecular complexity index is 1330. The van der Waals surface area contributed by atoms with Crippen molar-refractivity contribution in [2.45, 2.75) is 130 Å². The van der Waals surface area contributed by atoms with Crippen molar-refractivity contribution in [3.05, 3.63) is 42.0 Å². The molecular formula is C39H58O6. The molecule has 6 nitrogen and oxygen atoms in total. The highest BCUT2D eigenvalue weighted by Gasteiger charge is 2.69. The predicted molar refractivity (Wildman–Crippen MR) is 178 cm³/mol. The highest BCUT2D eigenvalue weighted by Crippen LogP contribution is 2.76. The number of phenolic OH excluding ortho intramolecular Hbond substituents is 2. The van der Waals surface area contributed by atoms with Gasteiger partial charge in [0.15, 0.2) is 11.5 Å². The number of fused-ring (bicyclic) bond motifs is 5. The zero-order valence-electron chi connectivity index (χ0n) is 28.7. The summed E-state index contributed by atoms with van der Waals surface area (Å²) in [6, 6.07) is 4.47. The predicted octanol–water partition coefficient (Wildman–Crippen LogP) is 8.18. The van der Waals surface area contributed by atoms with Crippen LogP contribution in [0.5, 0.6) is 11.5 Å². The largest absolute Gasteiger partial charge is 0.504 e. The molecule has 45 heavy (non-hydrogen) atoms. The van der Waals surface area contributed by atoms with Gasteiger partial charge in [-0.25, -0.2) is 4.79 Å². The molecule has 0 saturated heterocycles. The SMILES string of the molecule is C=C(C)[C@H](O)CC[C@](C)(O)[C@H]1CC[C@]2(C)[C@@H]1CC[C@@H]1[C@@]3(C)CC[C@H](OC(=O)/C=C/c4ccc(O)c(O)c4)C(C)(C)[C@@H]3CC[C@]12C.